The number of hydrogen-bond acceptors (Lipinski definition) is 3. The largest absolute Gasteiger partial charge is 0.356 e. The van der Waals surface area contributed by atoms with E-state index in [1.807, 2.05) is 29.2 Å². The zero-order valence-corrected chi connectivity index (χ0v) is 13.8. The molecule has 0 aromatic heterocycles. The van der Waals surface area contributed by atoms with E-state index in [1.165, 1.54) is 0 Å². The molecular weight excluding hydrogens is 338 g/mol. The summed E-state index contributed by atoms with van der Waals surface area (Å²) in [7, 11) is 0. The van der Waals surface area contributed by atoms with Crippen molar-refractivity contribution in [3.63, 3.8) is 0 Å². The summed E-state index contributed by atoms with van der Waals surface area (Å²) in [6, 6.07) is 7.47. The third-order valence-corrected chi connectivity index (χ3v) is 4.38. The van der Waals surface area contributed by atoms with Crippen molar-refractivity contribution in [3.8, 4) is 0 Å². The van der Waals surface area contributed by atoms with Crippen LogP contribution in [0.15, 0.2) is 28.7 Å². The van der Waals surface area contributed by atoms with Gasteiger partial charge in [0, 0.05) is 36.3 Å². The quantitative estimate of drug-likeness (QED) is 0.826. The molecule has 0 radical (unpaired) electrons. The van der Waals surface area contributed by atoms with Gasteiger partial charge in [-0.25, -0.2) is 0 Å². The lowest BCUT2D eigenvalue weighted by molar-refractivity contribution is -0.110. The van der Waals surface area contributed by atoms with Gasteiger partial charge in [-0.05, 0) is 30.8 Å². The molecule has 1 aromatic rings. The summed E-state index contributed by atoms with van der Waals surface area (Å²) in [5, 5.41) is 2.84. The number of likely N-dealkylation sites (N-methyl/N-ethyl adjacent to an activating group) is 1. The first-order chi connectivity index (χ1) is 9.60. The summed E-state index contributed by atoms with van der Waals surface area (Å²) in [6.07, 6.45) is 0. The van der Waals surface area contributed by atoms with E-state index in [-0.39, 0.29) is 5.91 Å². The second kappa shape index (κ2) is 7.15. The van der Waals surface area contributed by atoms with E-state index in [4.69, 9.17) is 12.2 Å². The van der Waals surface area contributed by atoms with Gasteiger partial charge < -0.3 is 15.1 Å². The van der Waals surface area contributed by atoms with E-state index in [0.29, 0.717) is 4.99 Å². The van der Waals surface area contributed by atoms with E-state index in [0.717, 1.165) is 42.9 Å². The SMILES string of the molecule is CCN1CCN(C(=S)C(=O)Nc2ccc(Br)cc2)CC1. The van der Waals surface area contributed by atoms with Crippen LogP contribution in [0.2, 0.25) is 0 Å². The first-order valence-electron chi connectivity index (χ1n) is 6.68. The van der Waals surface area contributed by atoms with Gasteiger partial charge in [-0.15, -0.1) is 0 Å². The molecule has 4 nitrogen and oxygen atoms in total. The number of halogens is 1. The van der Waals surface area contributed by atoms with E-state index < -0.39 is 0 Å². The minimum atomic E-state index is -0.202. The van der Waals surface area contributed by atoms with E-state index in [1.54, 1.807) is 0 Å². The van der Waals surface area contributed by atoms with Gasteiger partial charge in [0.05, 0.1) is 0 Å². The van der Waals surface area contributed by atoms with Crippen LogP contribution in [0.4, 0.5) is 5.69 Å². The molecule has 1 saturated heterocycles. The molecule has 0 saturated carbocycles. The molecule has 1 N–H and O–H groups in total. The lowest BCUT2D eigenvalue weighted by Gasteiger charge is -2.35. The average molecular weight is 356 g/mol. The fraction of sp³-hybridized carbons (Fsp3) is 0.429. The fourth-order valence-corrected chi connectivity index (χ4v) is 2.63. The van der Waals surface area contributed by atoms with Crippen LogP contribution in [-0.4, -0.2) is 53.4 Å². The number of nitrogens with zero attached hydrogens (tertiary/aromatic N) is 2. The van der Waals surface area contributed by atoms with Crippen molar-refractivity contribution in [3.05, 3.63) is 28.7 Å². The summed E-state index contributed by atoms with van der Waals surface area (Å²) in [5.41, 5.74) is 0.757. The maximum absolute atomic E-state index is 12.1. The van der Waals surface area contributed by atoms with Crippen molar-refractivity contribution in [2.24, 2.45) is 0 Å². The van der Waals surface area contributed by atoms with Crippen molar-refractivity contribution >= 4 is 44.7 Å². The van der Waals surface area contributed by atoms with Gasteiger partial charge in [0.2, 0.25) is 0 Å². The summed E-state index contributed by atoms with van der Waals surface area (Å²) in [5.74, 6) is -0.202. The monoisotopic (exact) mass is 355 g/mol. The van der Waals surface area contributed by atoms with Crippen LogP contribution >= 0.6 is 28.1 Å². The summed E-state index contributed by atoms with van der Waals surface area (Å²) in [6.45, 7) is 6.76. The van der Waals surface area contributed by atoms with Crippen LogP contribution in [0.3, 0.4) is 0 Å². The van der Waals surface area contributed by atoms with Crippen LogP contribution < -0.4 is 5.32 Å². The smallest absolute Gasteiger partial charge is 0.283 e. The maximum atomic E-state index is 12.1. The molecule has 0 aliphatic carbocycles. The number of amides is 1. The Morgan fingerprint density at radius 2 is 1.85 bits per heavy atom. The number of piperazine rings is 1. The molecule has 0 unspecified atom stereocenters. The highest BCUT2D eigenvalue weighted by Crippen LogP contribution is 2.14. The van der Waals surface area contributed by atoms with E-state index >= 15 is 0 Å². The zero-order valence-electron chi connectivity index (χ0n) is 11.4. The van der Waals surface area contributed by atoms with Gasteiger partial charge in [-0.1, -0.05) is 35.1 Å². The fourth-order valence-electron chi connectivity index (χ4n) is 2.13. The Kier molecular flexibility index (Phi) is 5.51. The van der Waals surface area contributed by atoms with Crippen LogP contribution in [0.1, 0.15) is 6.92 Å². The van der Waals surface area contributed by atoms with Gasteiger partial charge in [0.1, 0.15) is 0 Å². The average Bonchev–Trinajstić information content (AvgIpc) is 2.49. The second-order valence-electron chi connectivity index (χ2n) is 4.69. The molecule has 1 aromatic carbocycles. The van der Waals surface area contributed by atoms with E-state index in [2.05, 4.69) is 33.1 Å². The molecule has 1 fully saturated rings. The minimum Gasteiger partial charge on any atom is -0.356 e. The topological polar surface area (TPSA) is 35.6 Å². The molecule has 2 rings (SSSR count). The van der Waals surface area contributed by atoms with E-state index in [9.17, 15) is 4.79 Å². The highest BCUT2D eigenvalue weighted by atomic mass is 79.9. The number of anilines is 1. The number of carbonyl (C=O) groups is 1. The Labute approximate surface area is 133 Å². The Balaban J connectivity index is 1.89. The van der Waals surface area contributed by atoms with Crippen molar-refractivity contribution in [2.45, 2.75) is 6.92 Å². The van der Waals surface area contributed by atoms with Crippen LogP contribution in [0.25, 0.3) is 0 Å². The lowest BCUT2D eigenvalue weighted by Crippen LogP contribution is -2.50. The third kappa shape index (κ3) is 4.01. The van der Waals surface area contributed by atoms with Crippen molar-refractivity contribution in [1.82, 2.24) is 9.80 Å². The molecular formula is C14H18BrN3OS. The number of carbonyl (C=O) groups excluding carboxylic acids is 1. The van der Waals surface area contributed by atoms with Crippen molar-refractivity contribution in [2.75, 3.05) is 38.0 Å². The first-order valence-corrected chi connectivity index (χ1v) is 7.88. The highest BCUT2D eigenvalue weighted by Gasteiger charge is 2.22. The molecule has 0 spiro atoms. The Hall–Kier alpha value is -0.980. The van der Waals surface area contributed by atoms with Gasteiger partial charge in [-0.3, -0.25) is 4.79 Å². The number of thiocarbonyl (C=S) groups is 1. The molecule has 1 aliphatic rings. The maximum Gasteiger partial charge on any atom is 0.283 e. The van der Waals surface area contributed by atoms with Crippen LogP contribution in [0, 0.1) is 0 Å². The van der Waals surface area contributed by atoms with Gasteiger partial charge in [0.15, 0.2) is 4.99 Å². The Bertz CT molecular complexity index is 484. The number of benzene rings is 1. The molecule has 1 aliphatic heterocycles. The zero-order chi connectivity index (χ0) is 14.5. The predicted molar refractivity (Wildman–Crippen MR) is 89.1 cm³/mol. The summed E-state index contributed by atoms with van der Waals surface area (Å²) in [4.78, 5) is 16.8. The lowest BCUT2D eigenvalue weighted by atomic mass is 10.3. The Morgan fingerprint density at radius 3 is 2.40 bits per heavy atom. The predicted octanol–water partition coefficient (Wildman–Crippen LogP) is 2.35. The number of rotatable bonds is 2. The Morgan fingerprint density at radius 1 is 1.25 bits per heavy atom. The van der Waals surface area contributed by atoms with Crippen LogP contribution in [-0.2, 0) is 4.79 Å². The van der Waals surface area contributed by atoms with Gasteiger partial charge in [0.25, 0.3) is 5.91 Å². The van der Waals surface area contributed by atoms with Gasteiger partial charge in [-0.2, -0.15) is 0 Å². The summed E-state index contributed by atoms with van der Waals surface area (Å²) >= 11 is 8.65. The first kappa shape index (κ1) is 15.4. The molecule has 20 heavy (non-hydrogen) atoms. The second-order valence-corrected chi connectivity index (χ2v) is 5.99. The number of nitrogens with one attached hydrogen (secondary N) is 1. The third-order valence-electron chi connectivity index (χ3n) is 3.40. The van der Waals surface area contributed by atoms with Crippen molar-refractivity contribution in [1.29, 1.82) is 0 Å². The van der Waals surface area contributed by atoms with Crippen LogP contribution in [0.5, 0.6) is 0 Å². The molecule has 108 valence electrons. The molecule has 6 heteroatoms. The molecule has 1 amide bonds. The molecule has 1 heterocycles. The minimum absolute atomic E-state index is 0.202. The standard InChI is InChI=1S/C14H18BrN3OS/c1-2-17-7-9-18(10-8-17)14(20)13(19)16-12-5-3-11(15)4-6-12/h3-6H,2,7-10H2,1H3,(H,16,19). The van der Waals surface area contributed by atoms with Gasteiger partial charge >= 0.3 is 0 Å². The van der Waals surface area contributed by atoms with Crippen molar-refractivity contribution < 1.29 is 4.79 Å². The highest BCUT2D eigenvalue weighted by molar-refractivity contribution is 9.10. The summed E-state index contributed by atoms with van der Waals surface area (Å²) < 4.78 is 0.980. The number of hydrogen-bond donors (Lipinski definition) is 1. The normalized spacial score (nSPS) is 16.0. The molecule has 0 atom stereocenters. The molecule has 0 bridgehead atoms.